The number of benzene rings is 2. The Kier molecular flexibility index (Phi) is 3.30. The van der Waals surface area contributed by atoms with Gasteiger partial charge in [-0.2, -0.15) is 0 Å². The first-order chi connectivity index (χ1) is 9.40. The predicted molar refractivity (Wildman–Crippen MR) is 74.6 cm³/mol. The van der Waals surface area contributed by atoms with E-state index in [2.05, 4.69) is 0 Å². The highest BCUT2D eigenvalue weighted by molar-refractivity contribution is 6.06. The summed E-state index contributed by atoms with van der Waals surface area (Å²) in [6.07, 6.45) is 0. The van der Waals surface area contributed by atoms with E-state index in [1.807, 2.05) is 0 Å². The molecule has 0 spiro atoms. The third-order valence-corrected chi connectivity index (χ3v) is 2.80. The molecule has 0 radical (unpaired) electrons. The molecular formula is C14H12N2O4. The Morgan fingerprint density at radius 3 is 2.00 bits per heavy atom. The Morgan fingerprint density at radius 1 is 0.900 bits per heavy atom. The van der Waals surface area contributed by atoms with Gasteiger partial charge in [0.15, 0.2) is 0 Å². The fraction of sp³-hybridized carbons (Fsp3) is 0. The van der Waals surface area contributed by atoms with E-state index in [9.17, 15) is 14.7 Å². The zero-order chi connectivity index (χ0) is 14.9. The van der Waals surface area contributed by atoms with Gasteiger partial charge in [-0.15, -0.1) is 0 Å². The second-order valence-corrected chi connectivity index (χ2v) is 4.23. The van der Waals surface area contributed by atoms with E-state index in [0.717, 1.165) is 0 Å². The molecule has 6 heteroatoms. The summed E-state index contributed by atoms with van der Waals surface area (Å²) in [5, 5.41) is 18.4. The first kappa shape index (κ1) is 13.4. The van der Waals surface area contributed by atoms with Gasteiger partial charge in [0.2, 0.25) is 0 Å². The number of nitrogens with two attached hydrogens (primary N) is 2. The van der Waals surface area contributed by atoms with Crippen molar-refractivity contribution in [2.24, 2.45) is 0 Å². The molecule has 0 aliphatic rings. The van der Waals surface area contributed by atoms with E-state index in [1.54, 1.807) is 12.1 Å². The van der Waals surface area contributed by atoms with Crippen molar-refractivity contribution in [3.8, 4) is 11.1 Å². The molecule has 0 fully saturated rings. The maximum atomic E-state index is 11.4. The first-order valence-electron chi connectivity index (χ1n) is 5.66. The number of hydrogen-bond donors (Lipinski definition) is 4. The van der Waals surface area contributed by atoms with Crippen LogP contribution in [-0.4, -0.2) is 22.2 Å². The van der Waals surface area contributed by atoms with Crippen LogP contribution in [0.2, 0.25) is 0 Å². The Labute approximate surface area is 114 Å². The summed E-state index contributed by atoms with van der Waals surface area (Å²) in [6, 6.07) is 8.86. The van der Waals surface area contributed by atoms with Crippen LogP contribution < -0.4 is 11.5 Å². The molecule has 6 nitrogen and oxygen atoms in total. The average Bonchev–Trinajstić information content (AvgIpc) is 2.36. The molecule has 2 aromatic rings. The lowest BCUT2D eigenvalue weighted by molar-refractivity contribution is 0.0652. The van der Waals surface area contributed by atoms with Gasteiger partial charge in [-0.3, -0.25) is 0 Å². The minimum absolute atomic E-state index is 0.261. The fourth-order valence-corrected chi connectivity index (χ4v) is 2.03. The van der Waals surface area contributed by atoms with Crippen molar-refractivity contribution in [1.29, 1.82) is 0 Å². The molecule has 0 aliphatic heterocycles. The number of rotatable bonds is 3. The van der Waals surface area contributed by atoms with Crippen LogP contribution in [0.15, 0.2) is 36.4 Å². The average molecular weight is 272 g/mol. The third-order valence-electron chi connectivity index (χ3n) is 2.80. The molecule has 0 amide bonds. The number of carboxylic acids is 2. The molecule has 0 heterocycles. The Morgan fingerprint density at radius 2 is 1.50 bits per heavy atom. The lowest BCUT2D eigenvalue weighted by Gasteiger charge is -2.10. The van der Waals surface area contributed by atoms with Crippen molar-refractivity contribution < 1.29 is 19.8 Å². The van der Waals surface area contributed by atoms with Crippen molar-refractivity contribution in [3.63, 3.8) is 0 Å². The van der Waals surface area contributed by atoms with Crippen molar-refractivity contribution in [1.82, 2.24) is 0 Å². The highest BCUT2D eigenvalue weighted by atomic mass is 16.4. The summed E-state index contributed by atoms with van der Waals surface area (Å²) in [5.41, 5.74) is 12.3. The van der Waals surface area contributed by atoms with Gasteiger partial charge in [-0.05, 0) is 35.4 Å². The van der Waals surface area contributed by atoms with Gasteiger partial charge in [0.1, 0.15) is 0 Å². The quantitative estimate of drug-likeness (QED) is 0.632. The number of hydrogen-bond acceptors (Lipinski definition) is 4. The van der Waals surface area contributed by atoms with Gasteiger partial charge in [-0.25, -0.2) is 9.59 Å². The monoisotopic (exact) mass is 272 g/mol. The zero-order valence-corrected chi connectivity index (χ0v) is 10.3. The molecule has 0 saturated heterocycles. The molecule has 0 saturated carbocycles. The van der Waals surface area contributed by atoms with Gasteiger partial charge in [0.25, 0.3) is 0 Å². The largest absolute Gasteiger partial charge is 0.478 e. The maximum Gasteiger partial charge on any atom is 0.337 e. The molecule has 0 aliphatic carbocycles. The van der Waals surface area contributed by atoms with Crippen molar-refractivity contribution in [2.45, 2.75) is 0 Å². The lowest BCUT2D eigenvalue weighted by atomic mass is 9.95. The molecule has 2 aromatic carbocycles. The van der Waals surface area contributed by atoms with Gasteiger partial charge in [0.05, 0.1) is 11.1 Å². The van der Waals surface area contributed by atoms with Crippen LogP contribution in [0.4, 0.5) is 11.4 Å². The van der Waals surface area contributed by atoms with Gasteiger partial charge < -0.3 is 21.7 Å². The van der Waals surface area contributed by atoms with Crippen LogP contribution in [0, 0.1) is 0 Å². The van der Waals surface area contributed by atoms with E-state index < -0.39 is 11.9 Å². The minimum atomic E-state index is -1.32. The Bertz CT molecular complexity index is 690. The zero-order valence-electron chi connectivity index (χ0n) is 10.3. The summed E-state index contributed by atoms with van der Waals surface area (Å²) in [4.78, 5) is 22.5. The van der Waals surface area contributed by atoms with Crippen LogP contribution in [-0.2, 0) is 0 Å². The molecule has 0 unspecified atom stereocenters. The van der Waals surface area contributed by atoms with E-state index in [-0.39, 0.29) is 16.7 Å². The van der Waals surface area contributed by atoms with E-state index in [4.69, 9.17) is 16.6 Å². The summed E-state index contributed by atoms with van der Waals surface area (Å²) < 4.78 is 0. The van der Waals surface area contributed by atoms with Crippen LogP contribution in [0.3, 0.4) is 0 Å². The van der Waals surface area contributed by atoms with Gasteiger partial charge in [-0.1, -0.05) is 12.1 Å². The number of anilines is 2. The van der Waals surface area contributed by atoms with Gasteiger partial charge in [0, 0.05) is 11.4 Å². The van der Waals surface area contributed by atoms with Crippen LogP contribution >= 0.6 is 0 Å². The number of carboxylic acid groups (broad SMARTS) is 2. The van der Waals surface area contributed by atoms with E-state index in [0.29, 0.717) is 16.9 Å². The molecular weight excluding hydrogens is 260 g/mol. The molecule has 0 aromatic heterocycles. The highest BCUT2D eigenvalue weighted by Crippen LogP contribution is 2.29. The van der Waals surface area contributed by atoms with E-state index >= 15 is 0 Å². The highest BCUT2D eigenvalue weighted by Gasteiger charge is 2.20. The normalized spacial score (nSPS) is 10.2. The second kappa shape index (κ2) is 4.93. The molecule has 0 atom stereocenters. The van der Waals surface area contributed by atoms with Gasteiger partial charge >= 0.3 is 11.9 Å². The van der Waals surface area contributed by atoms with Crippen molar-refractivity contribution >= 4 is 23.3 Å². The molecule has 6 N–H and O–H groups in total. The second-order valence-electron chi connectivity index (χ2n) is 4.23. The van der Waals surface area contributed by atoms with Crippen LogP contribution in [0.25, 0.3) is 11.1 Å². The van der Waals surface area contributed by atoms with Crippen molar-refractivity contribution in [3.05, 3.63) is 47.5 Å². The summed E-state index contributed by atoms with van der Waals surface area (Å²) in [5.74, 6) is -2.62. The third kappa shape index (κ3) is 2.39. The summed E-state index contributed by atoms with van der Waals surface area (Å²) in [6.45, 7) is 0. The molecule has 20 heavy (non-hydrogen) atoms. The Hall–Kier alpha value is -3.02. The SMILES string of the molecule is Nc1cc(N)cc(-c2cccc(C(=O)O)c2C(=O)O)c1. The van der Waals surface area contributed by atoms with Crippen LogP contribution in [0.1, 0.15) is 20.7 Å². The van der Waals surface area contributed by atoms with Crippen LogP contribution in [0.5, 0.6) is 0 Å². The number of nitrogen functional groups attached to an aromatic ring is 2. The summed E-state index contributed by atoms with van der Waals surface area (Å²) in [7, 11) is 0. The topological polar surface area (TPSA) is 127 Å². The lowest BCUT2D eigenvalue weighted by Crippen LogP contribution is -2.09. The number of carbonyl (C=O) groups is 2. The molecule has 0 bridgehead atoms. The fourth-order valence-electron chi connectivity index (χ4n) is 2.03. The molecule has 2 rings (SSSR count). The smallest absolute Gasteiger partial charge is 0.337 e. The van der Waals surface area contributed by atoms with E-state index in [1.165, 1.54) is 24.3 Å². The Balaban J connectivity index is 2.76. The predicted octanol–water partition coefficient (Wildman–Crippen LogP) is 1.91. The first-order valence-corrected chi connectivity index (χ1v) is 5.66. The molecule has 102 valence electrons. The minimum Gasteiger partial charge on any atom is -0.478 e. The number of aromatic carboxylic acids is 2. The standard InChI is InChI=1S/C14H12N2O4/c15-8-4-7(5-9(16)6-8)10-2-1-3-11(13(17)18)12(10)14(19)20/h1-6H,15-16H2,(H,17,18)(H,19,20). The maximum absolute atomic E-state index is 11.4. The van der Waals surface area contributed by atoms with Crippen molar-refractivity contribution in [2.75, 3.05) is 11.5 Å². The summed E-state index contributed by atoms with van der Waals surface area (Å²) >= 11 is 0.